The van der Waals surface area contributed by atoms with Gasteiger partial charge in [0.05, 0.1) is 30.3 Å². The van der Waals surface area contributed by atoms with E-state index in [9.17, 15) is 4.79 Å². The van der Waals surface area contributed by atoms with Gasteiger partial charge >= 0.3 is 0 Å². The Morgan fingerprint density at radius 1 is 1.39 bits per heavy atom. The SMILES string of the molecule is O=C(NC[C@@H]1OCCc2cn(CC3CC3)nc21)c1ccnnc1. The topological polar surface area (TPSA) is 81.9 Å². The minimum absolute atomic E-state index is 0.173. The van der Waals surface area contributed by atoms with E-state index in [1.807, 2.05) is 4.68 Å². The van der Waals surface area contributed by atoms with Gasteiger partial charge in [-0.3, -0.25) is 9.48 Å². The summed E-state index contributed by atoms with van der Waals surface area (Å²) in [5, 5.41) is 15.0. The molecule has 1 fully saturated rings. The van der Waals surface area contributed by atoms with Crippen molar-refractivity contribution in [3.63, 3.8) is 0 Å². The molecule has 1 saturated carbocycles. The van der Waals surface area contributed by atoms with Crippen molar-refractivity contribution < 1.29 is 9.53 Å². The summed E-state index contributed by atoms with van der Waals surface area (Å²) in [6, 6.07) is 1.64. The molecular formula is C16H19N5O2. The van der Waals surface area contributed by atoms with E-state index in [2.05, 4.69) is 26.8 Å². The van der Waals surface area contributed by atoms with E-state index in [0.29, 0.717) is 18.7 Å². The number of carbonyl (C=O) groups excluding carboxylic acids is 1. The summed E-state index contributed by atoms with van der Waals surface area (Å²) in [5.41, 5.74) is 2.70. The van der Waals surface area contributed by atoms with Crippen LogP contribution in [0.25, 0.3) is 0 Å². The molecule has 0 saturated heterocycles. The van der Waals surface area contributed by atoms with E-state index in [-0.39, 0.29) is 12.0 Å². The molecule has 0 aromatic carbocycles. The van der Waals surface area contributed by atoms with Crippen LogP contribution in [0.3, 0.4) is 0 Å². The molecule has 1 aliphatic carbocycles. The predicted molar refractivity (Wildman–Crippen MR) is 81.7 cm³/mol. The largest absolute Gasteiger partial charge is 0.370 e. The number of rotatable bonds is 5. The van der Waals surface area contributed by atoms with Crippen molar-refractivity contribution in [3.8, 4) is 0 Å². The Morgan fingerprint density at radius 3 is 3.09 bits per heavy atom. The fourth-order valence-electron chi connectivity index (χ4n) is 2.86. The van der Waals surface area contributed by atoms with Gasteiger partial charge in [0, 0.05) is 19.3 Å². The molecule has 120 valence electrons. The molecule has 0 bridgehead atoms. The number of carbonyl (C=O) groups is 1. The van der Waals surface area contributed by atoms with Gasteiger partial charge in [-0.15, -0.1) is 0 Å². The maximum atomic E-state index is 12.1. The number of nitrogens with one attached hydrogen (secondary N) is 1. The van der Waals surface area contributed by atoms with Gasteiger partial charge in [-0.25, -0.2) is 0 Å². The van der Waals surface area contributed by atoms with Crippen molar-refractivity contribution in [2.75, 3.05) is 13.2 Å². The second kappa shape index (κ2) is 6.08. The lowest BCUT2D eigenvalue weighted by molar-refractivity contribution is 0.0383. The van der Waals surface area contributed by atoms with E-state index in [1.165, 1.54) is 30.8 Å². The summed E-state index contributed by atoms with van der Waals surface area (Å²) in [6.07, 6.45) is 8.41. The van der Waals surface area contributed by atoms with Gasteiger partial charge in [-0.2, -0.15) is 15.3 Å². The van der Waals surface area contributed by atoms with Crippen LogP contribution in [0.1, 0.15) is 40.6 Å². The first-order chi connectivity index (χ1) is 11.3. The predicted octanol–water partition coefficient (Wildman–Crippen LogP) is 1.13. The zero-order valence-electron chi connectivity index (χ0n) is 12.8. The van der Waals surface area contributed by atoms with Crippen LogP contribution in [-0.4, -0.2) is 39.0 Å². The standard InChI is InChI=1S/C16H19N5O2/c22-16(12-3-5-18-19-7-12)17-8-14-15-13(4-6-23-14)10-21(20-15)9-11-1-2-11/h3,5,7,10-11,14H,1-2,4,6,8-9H2,(H,17,22)/t14-/m0/s1. The molecule has 1 N–H and O–H groups in total. The first-order valence-corrected chi connectivity index (χ1v) is 8.02. The maximum Gasteiger partial charge on any atom is 0.253 e. The highest BCUT2D eigenvalue weighted by atomic mass is 16.5. The first kappa shape index (κ1) is 14.3. The van der Waals surface area contributed by atoms with Crippen molar-refractivity contribution >= 4 is 5.91 Å². The van der Waals surface area contributed by atoms with Crippen molar-refractivity contribution in [1.29, 1.82) is 0 Å². The third-order valence-electron chi connectivity index (χ3n) is 4.30. The molecule has 0 unspecified atom stereocenters. The number of fused-ring (bicyclic) bond motifs is 1. The summed E-state index contributed by atoms with van der Waals surface area (Å²) >= 11 is 0. The van der Waals surface area contributed by atoms with Crippen LogP contribution in [0.5, 0.6) is 0 Å². The lowest BCUT2D eigenvalue weighted by Gasteiger charge is -2.22. The van der Waals surface area contributed by atoms with Gasteiger partial charge in [-0.05, 0) is 36.8 Å². The fraction of sp³-hybridized carbons (Fsp3) is 0.500. The van der Waals surface area contributed by atoms with Gasteiger partial charge < -0.3 is 10.1 Å². The lowest BCUT2D eigenvalue weighted by Crippen LogP contribution is -2.32. The monoisotopic (exact) mass is 313 g/mol. The minimum atomic E-state index is -0.182. The number of amides is 1. The van der Waals surface area contributed by atoms with Crippen LogP contribution in [0.15, 0.2) is 24.7 Å². The summed E-state index contributed by atoms with van der Waals surface area (Å²) in [5.74, 6) is 0.614. The Labute approximate surface area is 134 Å². The van der Waals surface area contributed by atoms with Crippen LogP contribution in [0.2, 0.25) is 0 Å². The molecule has 3 heterocycles. The quantitative estimate of drug-likeness (QED) is 0.895. The number of hydrogen-bond acceptors (Lipinski definition) is 5. The Morgan fingerprint density at radius 2 is 2.30 bits per heavy atom. The second-order valence-electron chi connectivity index (χ2n) is 6.16. The average Bonchev–Trinajstić information content (AvgIpc) is 3.29. The third kappa shape index (κ3) is 3.24. The van der Waals surface area contributed by atoms with Gasteiger partial charge in [0.15, 0.2) is 0 Å². The Kier molecular flexibility index (Phi) is 3.78. The third-order valence-corrected chi connectivity index (χ3v) is 4.30. The van der Waals surface area contributed by atoms with Crippen molar-refractivity contribution in [2.24, 2.45) is 5.92 Å². The van der Waals surface area contributed by atoms with E-state index in [1.54, 1.807) is 6.07 Å². The molecule has 1 aliphatic heterocycles. The molecule has 23 heavy (non-hydrogen) atoms. The number of ether oxygens (including phenoxy) is 1. The van der Waals surface area contributed by atoms with Crippen LogP contribution in [-0.2, 0) is 17.7 Å². The van der Waals surface area contributed by atoms with Crippen LogP contribution < -0.4 is 5.32 Å². The van der Waals surface area contributed by atoms with Crippen LogP contribution >= 0.6 is 0 Å². The van der Waals surface area contributed by atoms with E-state index in [0.717, 1.165) is 24.6 Å². The normalized spacial score (nSPS) is 20.1. The van der Waals surface area contributed by atoms with Crippen LogP contribution in [0, 0.1) is 5.92 Å². The zero-order chi connectivity index (χ0) is 15.6. The second-order valence-corrected chi connectivity index (χ2v) is 6.16. The molecule has 2 aromatic heterocycles. The smallest absolute Gasteiger partial charge is 0.253 e. The number of hydrogen-bond donors (Lipinski definition) is 1. The van der Waals surface area contributed by atoms with Crippen molar-refractivity contribution in [2.45, 2.75) is 31.9 Å². The summed E-state index contributed by atoms with van der Waals surface area (Å²) in [7, 11) is 0. The molecule has 4 rings (SSSR count). The molecule has 0 radical (unpaired) electrons. The molecular weight excluding hydrogens is 294 g/mol. The highest BCUT2D eigenvalue weighted by molar-refractivity contribution is 5.93. The van der Waals surface area contributed by atoms with Crippen molar-refractivity contribution in [1.82, 2.24) is 25.3 Å². The molecule has 1 atom stereocenters. The van der Waals surface area contributed by atoms with Gasteiger partial charge in [-0.1, -0.05) is 0 Å². The number of aromatic nitrogens is 4. The fourth-order valence-corrected chi connectivity index (χ4v) is 2.86. The van der Waals surface area contributed by atoms with Gasteiger partial charge in [0.25, 0.3) is 5.91 Å². The summed E-state index contributed by atoms with van der Waals surface area (Å²) < 4.78 is 7.85. The Hall–Kier alpha value is -2.28. The number of nitrogens with zero attached hydrogens (tertiary/aromatic N) is 4. The Bertz CT molecular complexity index is 696. The van der Waals surface area contributed by atoms with Crippen LogP contribution in [0.4, 0.5) is 0 Å². The summed E-state index contributed by atoms with van der Waals surface area (Å²) in [4.78, 5) is 12.1. The first-order valence-electron chi connectivity index (χ1n) is 8.02. The Balaban J connectivity index is 1.42. The molecule has 2 aliphatic rings. The molecule has 1 amide bonds. The lowest BCUT2D eigenvalue weighted by atomic mass is 10.1. The maximum absolute atomic E-state index is 12.1. The average molecular weight is 313 g/mol. The summed E-state index contributed by atoms with van der Waals surface area (Å²) in [6.45, 7) is 2.07. The van der Waals surface area contributed by atoms with E-state index in [4.69, 9.17) is 4.74 Å². The van der Waals surface area contributed by atoms with Crippen molar-refractivity contribution in [3.05, 3.63) is 41.5 Å². The minimum Gasteiger partial charge on any atom is -0.370 e. The van der Waals surface area contributed by atoms with E-state index < -0.39 is 0 Å². The van der Waals surface area contributed by atoms with Gasteiger partial charge in [0.2, 0.25) is 0 Å². The van der Waals surface area contributed by atoms with Gasteiger partial charge in [0.1, 0.15) is 6.10 Å². The molecule has 0 spiro atoms. The van der Waals surface area contributed by atoms with E-state index >= 15 is 0 Å². The zero-order valence-corrected chi connectivity index (χ0v) is 12.8. The molecule has 7 nitrogen and oxygen atoms in total. The molecule has 2 aromatic rings. The highest BCUT2D eigenvalue weighted by Gasteiger charge is 2.27. The molecule has 7 heteroatoms. The highest BCUT2D eigenvalue weighted by Crippen LogP contribution is 2.32.